The van der Waals surface area contributed by atoms with Gasteiger partial charge in [0, 0.05) is 51.0 Å². The van der Waals surface area contributed by atoms with Gasteiger partial charge in [0.2, 0.25) is 0 Å². The van der Waals surface area contributed by atoms with E-state index in [4.69, 9.17) is 0 Å². The lowest BCUT2D eigenvalue weighted by Crippen LogP contribution is -2.50. The van der Waals surface area contributed by atoms with Crippen molar-refractivity contribution in [2.24, 2.45) is 0 Å². The molecule has 2 amide bonds. The van der Waals surface area contributed by atoms with Crippen molar-refractivity contribution in [2.45, 2.75) is 26.7 Å². The number of nitrogens with zero attached hydrogens (tertiary/aromatic N) is 5. The maximum absolute atomic E-state index is 12.5. The Hall–Kier alpha value is -2.83. The second-order valence-corrected chi connectivity index (χ2v) is 7.60. The van der Waals surface area contributed by atoms with Gasteiger partial charge < -0.3 is 20.0 Å². The zero-order chi connectivity index (χ0) is 19.5. The third-order valence-corrected chi connectivity index (χ3v) is 5.43. The van der Waals surface area contributed by atoms with Crippen molar-refractivity contribution in [3.63, 3.8) is 0 Å². The predicted molar refractivity (Wildman–Crippen MR) is 112 cm³/mol. The van der Waals surface area contributed by atoms with Crippen LogP contribution in [0.4, 0.5) is 22.1 Å². The van der Waals surface area contributed by atoms with Gasteiger partial charge in [0.1, 0.15) is 17.5 Å². The van der Waals surface area contributed by atoms with Gasteiger partial charge in [-0.25, -0.2) is 14.8 Å². The summed E-state index contributed by atoms with van der Waals surface area (Å²) in [5, 5.41) is 2.98. The van der Waals surface area contributed by atoms with E-state index >= 15 is 0 Å². The molecular weight excluding hydrogens is 352 g/mol. The second kappa shape index (κ2) is 8.04. The molecule has 7 heteroatoms. The molecule has 2 saturated heterocycles. The lowest BCUT2D eigenvalue weighted by atomic mass is 10.2. The normalized spacial score (nSPS) is 17.1. The molecule has 1 N–H and O–H groups in total. The lowest BCUT2D eigenvalue weighted by Gasteiger charge is -2.35. The molecule has 0 radical (unpaired) electrons. The van der Waals surface area contributed by atoms with Crippen LogP contribution in [-0.2, 0) is 0 Å². The average Bonchev–Trinajstić information content (AvgIpc) is 3.24. The van der Waals surface area contributed by atoms with Crippen LogP contribution < -0.4 is 15.1 Å². The van der Waals surface area contributed by atoms with Gasteiger partial charge in [-0.3, -0.25) is 0 Å². The standard InChI is InChI=1S/C21H28N6O/c1-16-5-7-18(8-6-16)24-21(28)27-13-11-26(12-14-27)20-15-19(22-17(2)23-20)25-9-3-4-10-25/h5-8,15H,3-4,9-14H2,1-2H3,(H,24,28). The Bertz CT molecular complexity index is 823. The lowest BCUT2D eigenvalue weighted by molar-refractivity contribution is 0.208. The maximum atomic E-state index is 12.5. The fourth-order valence-corrected chi connectivity index (χ4v) is 3.78. The van der Waals surface area contributed by atoms with Crippen LogP contribution in [0.5, 0.6) is 0 Å². The maximum Gasteiger partial charge on any atom is 0.321 e. The number of rotatable bonds is 3. The van der Waals surface area contributed by atoms with Gasteiger partial charge in [-0.1, -0.05) is 17.7 Å². The molecule has 7 nitrogen and oxygen atoms in total. The molecule has 28 heavy (non-hydrogen) atoms. The zero-order valence-corrected chi connectivity index (χ0v) is 16.7. The zero-order valence-electron chi connectivity index (χ0n) is 16.7. The highest BCUT2D eigenvalue weighted by Gasteiger charge is 2.23. The minimum atomic E-state index is -0.0415. The van der Waals surface area contributed by atoms with Crippen LogP contribution in [0.1, 0.15) is 24.2 Å². The number of carbonyl (C=O) groups excluding carboxylic acids is 1. The number of aromatic nitrogens is 2. The molecule has 0 spiro atoms. The first-order chi connectivity index (χ1) is 13.6. The number of urea groups is 1. The molecule has 0 bridgehead atoms. The fraction of sp³-hybridized carbons (Fsp3) is 0.476. The molecule has 2 aromatic rings. The number of hydrogen-bond donors (Lipinski definition) is 1. The average molecular weight is 380 g/mol. The molecule has 1 aromatic heterocycles. The third-order valence-electron chi connectivity index (χ3n) is 5.43. The van der Waals surface area contributed by atoms with Crippen molar-refractivity contribution >= 4 is 23.4 Å². The van der Waals surface area contributed by atoms with Gasteiger partial charge in [0.25, 0.3) is 0 Å². The van der Waals surface area contributed by atoms with Gasteiger partial charge in [0.05, 0.1) is 0 Å². The van der Waals surface area contributed by atoms with Crippen molar-refractivity contribution in [1.82, 2.24) is 14.9 Å². The number of nitrogens with one attached hydrogen (secondary N) is 1. The Morgan fingerprint density at radius 1 is 0.857 bits per heavy atom. The molecule has 3 heterocycles. The van der Waals surface area contributed by atoms with Gasteiger partial charge in [-0.2, -0.15) is 0 Å². The van der Waals surface area contributed by atoms with Crippen molar-refractivity contribution in [3.8, 4) is 0 Å². The highest BCUT2D eigenvalue weighted by atomic mass is 16.2. The highest BCUT2D eigenvalue weighted by molar-refractivity contribution is 5.89. The minimum absolute atomic E-state index is 0.0415. The molecule has 2 fully saturated rings. The molecule has 0 aliphatic carbocycles. The molecule has 1 aromatic carbocycles. The summed E-state index contributed by atoms with van der Waals surface area (Å²) in [7, 11) is 0. The summed E-state index contributed by atoms with van der Waals surface area (Å²) in [6.07, 6.45) is 2.46. The summed E-state index contributed by atoms with van der Waals surface area (Å²) < 4.78 is 0. The minimum Gasteiger partial charge on any atom is -0.356 e. The van der Waals surface area contributed by atoms with E-state index in [9.17, 15) is 4.79 Å². The number of aryl methyl sites for hydroxylation is 2. The summed E-state index contributed by atoms with van der Waals surface area (Å²) in [5.41, 5.74) is 2.01. The van der Waals surface area contributed by atoms with E-state index in [1.807, 2.05) is 43.0 Å². The van der Waals surface area contributed by atoms with E-state index in [0.29, 0.717) is 13.1 Å². The number of amides is 2. The van der Waals surface area contributed by atoms with Gasteiger partial charge in [-0.05, 0) is 38.8 Å². The molecule has 2 aliphatic rings. The second-order valence-electron chi connectivity index (χ2n) is 7.60. The van der Waals surface area contributed by atoms with E-state index in [0.717, 1.165) is 49.3 Å². The molecule has 0 saturated carbocycles. The number of hydrogen-bond acceptors (Lipinski definition) is 5. The quantitative estimate of drug-likeness (QED) is 0.887. The predicted octanol–water partition coefficient (Wildman–Crippen LogP) is 3.05. The smallest absolute Gasteiger partial charge is 0.321 e. The van der Waals surface area contributed by atoms with Crippen LogP contribution in [0.15, 0.2) is 30.3 Å². The fourth-order valence-electron chi connectivity index (χ4n) is 3.78. The van der Waals surface area contributed by atoms with Crippen LogP contribution in [0, 0.1) is 13.8 Å². The third kappa shape index (κ3) is 4.18. The van der Waals surface area contributed by atoms with Crippen LogP contribution in [0.3, 0.4) is 0 Å². The largest absolute Gasteiger partial charge is 0.356 e. The Morgan fingerprint density at radius 2 is 1.43 bits per heavy atom. The Kier molecular flexibility index (Phi) is 5.32. The van der Waals surface area contributed by atoms with Crippen molar-refractivity contribution < 1.29 is 4.79 Å². The Labute approximate surface area is 166 Å². The topological polar surface area (TPSA) is 64.6 Å². The van der Waals surface area contributed by atoms with Gasteiger partial charge >= 0.3 is 6.03 Å². The molecule has 0 atom stereocenters. The summed E-state index contributed by atoms with van der Waals surface area (Å²) in [6, 6.07) is 9.94. The van der Waals surface area contributed by atoms with E-state index in [2.05, 4.69) is 31.2 Å². The van der Waals surface area contributed by atoms with Crippen molar-refractivity contribution in [1.29, 1.82) is 0 Å². The number of piperazine rings is 1. The van der Waals surface area contributed by atoms with Crippen molar-refractivity contribution in [2.75, 3.05) is 54.4 Å². The summed E-state index contributed by atoms with van der Waals surface area (Å²) in [4.78, 5) is 28.3. The summed E-state index contributed by atoms with van der Waals surface area (Å²) in [5.74, 6) is 2.80. The molecule has 4 rings (SSSR count). The van der Waals surface area contributed by atoms with Gasteiger partial charge in [-0.15, -0.1) is 0 Å². The van der Waals surface area contributed by atoms with Crippen molar-refractivity contribution in [3.05, 3.63) is 41.7 Å². The van der Waals surface area contributed by atoms with E-state index in [1.165, 1.54) is 18.4 Å². The monoisotopic (exact) mass is 380 g/mol. The van der Waals surface area contributed by atoms with Crippen LogP contribution in [-0.4, -0.2) is 60.2 Å². The number of carbonyl (C=O) groups is 1. The number of benzene rings is 1. The summed E-state index contributed by atoms with van der Waals surface area (Å²) in [6.45, 7) is 9.04. The van der Waals surface area contributed by atoms with Crippen LogP contribution >= 0.6 is 0 Å². The van der Waals surface area contributed by atoms with E-state index in [1.54, 1.807) is 0 Å². The Morgan fingerprint density at radius 3 is 2.04 bits per heavy atom. The van der Waals surface area contributed by atoms with E-state index < -0.39 is 0 Å². The molecule has 2 aliphatic heterocycles. The molecule has 0 unspecified atom stereocenters. The van der Waals surface area contributed by atoms with Crippen LogP contribution in [0.2, 0.25) is 0 Å². The highest BCUT2D eigenvalue weighted by Crippen LogP contribution is 2.23. The van der Waals surface area contributed by atoms with Gasteiger partial charge in [0.15, 0.2) is 0 Å². The van der Waals surface area contributed by atoms with Crippen LogP contribution in [0.25, 0.3) is 0 Å². The first-order valence-corrected chi connectivity index (χ1v) is 10.1. The Balaban J connectivity index is 1.37. The number of anilines is 3. The first kappa shape index (κ1) is 18.5. The molecule has 148 valence electrons. The van der Waals surface area contributed by atoms with E-state index in [-0.39, 0.29) is 6.03 Å². The first-order valence-electron chi connectivity index (χ1n) is 10.1. The summed E-state index contributed by atoms with van der Waals surface area (Å²) >= 11 is 0. The SMILES string of the molecule is Cc1ccc(NC(=O)N2CCN(c3cc(N4CCCC4)nc(C)n3)CC2)cc1. The molecular formula is C21H28N6O.